The van der Waals surface area contributed by atoms with Gasteiger partial charge in [0, 0.05) is 31.9 Å². The van der Waals surface area contributed by atoms with Crippen LogP contribution in [-0.4, -0.2) is 81.4 Å². The fraction of sp³-hybridized carbons (Fsp3) is 0.533. The number of aromatic nitrogens is 4. The molecule has 9 N–H and O–H groups in total. The number of sulfonamides is 2. The smallest absolute Gasteiger partial charge is 0.242 e. The molecule has 1 aliphatic rings. The van der Waals surface area contributed by atoms with E-state index in [0.717, 1.165) is 12.5 Å². The summed E-state index contributed by atoms with van der Waals surface area (Å²) in [6.07, 6.45) is -0.347. The molecule has 31 heavy (non-hydrogen) atoms. The Balaban J connectivity index is 2.15. The molecule has 0 radical (unpaired) electrons. The van der Waals surface area contributed by atoms with Crippen molar-refractivity contribution in [2.24, 2.45) is 22.5 Å². The van der Waals surface area contributed by atoms with Crippen molar-refractivity contribution >= 4 is 25.7 Å². The normalized spacial score (nSPS) is 16.3. The zero-order chi connectivity index (χ0) is 22.8. The van der Waals surface area contributed by atoms with Gasteiger partial charge in [-0.3, -0.25) is 0 Å². The number of H-pyrrole nitrogens is 1. The van der Waals surface area contributed by atoms with Crippen molar-refractivity contribution in [3.05, 3.63) is 12.1 Å². The number of anilines is 1. The highest BCUT2D eigenvalue weighted by molar-refractivity contribution is 7.92. The van der Waals surface area contributed by atoms with Crippen molar-refractivity contribution in [1.29, 1.82) is 0 Å². The number of nitrogens with two attached hydrogens (primary N) is 3. The number of aromatic amines is 1. The summed E-state index contributed by atoms with van der Waals surface area (Å²) < 4.78 is 53.0. The fourth-order valence-electron chi connectivity index (χ4n) is 3.35. The Morgan fingerprint density at radius 3 is 2.52 bits per heavy atom. The first-order valence-electron chi connectivity index (χ1n) is 9.35. The molecule has 1 aliphatic heterocycles. The maximum Gasteiger partial charge on any atom is 0.242 e. The molecule has 16 heteroatoms. The third kappa shape index (κ3) is 5.00. The quantitative estimate of drug-likeness (QED) is 0.201. The molecule has 14 nitrogen and oxygen atoms in total. The van der Waals surface area contributed by atoms with Crippen LogP contribution in [0.15, 0.2) is 21.9 Å². The van der Waals surface area contributed by atoms with E-state index in [0.29, 0.717) is 31.2 Å². The summed E-state index contributed by atoms with van der Waals surface area (Å²) in [4.78, 5) is 0.605. The first-order valence-corrected chi connectivity index (χ1v) is 12.4. The van der Waals surface area contributed by atoms with Crippen LogP contribution in [0, 0.1) is 5.92 Å². The van der Waals surface area contributed by atoms with Gasteiger partial charge < -0.3 is 21.5 Å². The fourth-order valence-corrected chi connectivity index (χ4v) is 6.01. The van der Waals surface area contributed by atoms with Crippen molar-refractivity contribution in [2.45, 2.75) is 22.3 Å². The molecule has 1 atom stereocenters. The largest absolute Gasteiger partial charge is 0.390 e. The zero-order valence-electron chi connectivity index (χ0n) is 16.5. The highest BCUT2D eigenvalue weighted by Gasteiger charge is 2.36. The molecule has 3 rings (SSSR count). The molecule has 1 aromatic carbocycles. The van der Waals surface area contributed by atoms with E-state index in [9.17, 15) is 21.9 Å². The van der Waals surface area contributed by atoms with Crippen LogP contribution >= 0.6 is 0 Å². The minimum absolute atomic E-state index is 0.0790. The summed E-state index contributed by atoms with van der Waals surface area (Å²) in [5.74, 6) is 0.198. The SMILES string of the molecule is NCCC1CN(c2ccc(S(=O)(=O)NC[C@H](O)CN)c(S(N)(=O)=O)c2-c2nn[nH]n2)C1. The Morgan fingerprint density at radius 2 is 1.97 bits per heavy atom. The van der Waals surface area contributed by atoms with Gasteiger partial charge in [-0.25, -0.2) is 26.7 Å². The number of nitrogens with zero attached hydrogens (tertiary/aromatic N) is 4. The predicted molar refractivity (Wildman–Crippen MR) is 111 cm³/mol. The number of rotatable bonds is 10. The summed E-state index contributed by atoms with van der Waals surface area (Å²) in [5.41, 5.74) is 11.2. The molecule has 1 aromatic heterocycles. The summed E-state index contributed by atoms with van der Waals surface area (Å²) >= 11 is 0. The second-order valence-electron chi connectivity index (χ2n) is 7.16. The maximum absolute atomic E-state index is 12.9. The van der Waals surface area contributed by atoms with Crippen LogP contribution in [0.5, 0.6) is 0 Å². The topological polar surface area (TPSA) is 236 Å². The summed E-state index contributed by atoms with van der Waals surface area (Å²) in [7, 11) is -8.95. The number of primary sulfonamides is 1. The van der Waals surface area contributed by atoms with E-state index in [1.807, 2.05) is 4.90 Å². The average molecular weight is 476 g/mol. The van der Waals surface area contributed by atoms with E-state index >= 15 is 0 Å². The predicted octanol–water partition coefficient (Wildman–Crippen LogP) is -3.10. The summed E-state index contributed by atoms with van der Waals surface area (Å²) in [5, 5.41) is 28.4. The minimum atomic E-state index is -4.56. The lowest BCUT2D eigenvalue weighted by Crippen LogP contribution is -2.48. The number of hydrogen-bond donors (Lipinski definition) is 6. The lowest BCUT2D eigenvalue weighted by molar-refractivity contribution is 0.186. The Bertz CT molecular complexity index is 1120. The monoisotopic (exact) mass is 475 g/mol. The highest BCUT2D eigenvalue weighted by atomic mass is 32.2. The first-order chi connectivity index (χ1) is 14.6. The molecule has 2 heterocycles. The van der Waals surface area contributed by atoms with E-state index in [1.54, 1.807) is 0 Å². The van der Waals surface area contributed by atoms with Crippen LogP contribution in [-0.2, 0) is 20.0 Å². The van der Waals surface area contributed by atoms with Crippen molar-refractivity contribution in [3.63, 3.8) is 0 Å². The van der Waals surface area contributed by atoms with E-state index in [4.69, 9.17) is 16.6 Å². The van der Waals surface area contributed by atoms with Gasteiger partial charge in [0.1, 0.15) is 9.79 Å². The van der Waals surface area contributed by atoms with Crippen LogP contribution in [0.1, 0.15) is 6.42 Å². The molecule has 2 aromatic rings. The lowest BCUT2D eigenvalue weighted by Gasteiger charge is -2.42. The molecule has 0 unspecified atom stereocenters. The third-order valence-electron chi connectivity index (χ3n) is 4.90. The van der Waals surface area contributed by atoms with Gasteiger partial charge in [-0.1, -0.05) is 0 Å². The molecule has 0 amide bonds. The van der Waals surface area contributed by atoms with Gasteiger partial charge in [-0.2, -0.15) is 5.21 Å². The van der Waals surface area contributed by atoms with E-state index in [-0.39, 0.29) is 17.9 Å². The van der Waals surface area contributed by atoms with Crippen molar-refractivity contribution in [3.8, 4) is 11.4 Å². The third-order valence-corrected chi connectivity index (χ3v) is 7.48. The van der Waals surface area contributed by atoms with Gasteiger partial charge in [0.05, 0.1) is 11.7 Å². The Morgan fingerprint density at radius 1 is 1.26 bits per heavy atom. The van der Waals surface area contributed by atoms with Gasteiger partial charge in [0.2, 0.25) is 25.9 Å². The molecule has 1 saturated heterocycles. The van der Waals surface area contributed by atoms with E-state index in [2.05, 4.69) is 25.3 Å². The molecular formula is C15H25N9O5S2. The van der Waals surface area contributed by atoms with Crippen LogP contribution in [0.4, 0.5) is 5.69 Å². The lowest BCUT2D eigenvalue weighted by atomic mass is 9.94. The number of tetrazole rings is 1. The molecular weight excluding hydrogens is 450 g/mol. The van der Waals surface area contributed by atoms with Gasteiger partial charge in [0.15, 0.2) is 0 Å². The second-order valence-corrected chi connectivity index (χ2v) is 10.4. The maximum atomic E-state index is 12.9. The Labute approximate surface area is 179 Å². The number of hydrogen-bond acceptors (Lipinski definition) is 11. The van der Waals surface area contributed by atoms with Crippen LogP contribution in [0.25, 0.3) is 11.4 Å². The van der Waals surface area contributed by atoms with Gasteiger partial charge in [-0.15, -0.1) is 10.2 Å². The molecule has 0 spiro atoms. The highest BCUT2D eigenvalue weighted by Crippen LogP contribution is 2.40. The van der Waals surface area contributed by atoms with Gasteiger partial charge in [-0.05, 0) is 36.2 Å². The number of aliphatic hydroxyl groups excluding tert-OH is 1. The second kappa shape index (κ2) is 9.11. The minimum Gasteiger partial charge on any atom is -0.390 e. The van der Waals surface area contributed by atoms with Gasteiger partial charge >= 0.3 is 0 Å². The number of nitrogens with one attached hydrogen (secondary N) is 2. The number of aliphatic hydroxyl groups is 1. The van der Waals surface area contributed by atoms with Gasteiger partial charge in [0.25, 0.3) is 0 Å². The standard InChI is InChI=1S/C15H25N9O5S2/c16-4-3-9-7-24(8-9)11-1-2-12(31(28,29)19-6-10(25)5-17)14(30(18,26)27)13(11)15-20-22-23-21-15/h1-2,9-10,19,25H,3-8,16-17H2,(H2,18,26,27)(H,20,21,22,23)/t10-/m1/s1. The molecule has 1 fully saturated rings. The first kappa shape index (κ1) is 23.5. The zero-order valence-corrected chi connectivity index (χ0v) is 18.1. The van der Waals surface area contributed by atoms with E-state index < -0.39 is 42.5 Å². The molecule has 0 bridgehead atoms. The van der Waals surface area contributed by atoms with Crippen LogP contribution in [0.2, 0.25) is 0 Å². The molecule has 0 aliphatic carbocycles. The van der Waals surface area contributed by atoms with Crippen molar-refractivity contribution in [1.82, 2.24) is 25.3 Å². The summed E-state index contributed by atoms with van der Waals surface area (Å²) in [6.45, 7) is 1.13. The van der Waals surface area contributed by atoms with Crippen LogP contribution < -0.4 is 26.2 Å². The van der Waals surface area contributed by atoms with E-state index in [1.165, 1.54) is 6.07 Å². The number of benzene rings is 1. The molecule has 172 valence electrons. The molecule has 0 saturated carbocycles. The summed E-state index contributed by atoms with van der Waals surface area (Å²) in [6, 6.07) is 2.61. The van der Waals surface area contributed by atoms with Crippen LogP contribution in [0.3, 0.4) is 0 Å². The van der Waals surface area contributed by atoms with Crippen molar-refractivity contribution in [2.75, 3.05) is 37.6 Å². The Hall–Kier alpha value is -2.21. The Kier molecular flexibility index (Phi) is 6.89. The average Bonchev–Trinajstić information content (AvgIpc) is 3.21. The van der Waals surface area contributed by atoms with Crippen molar-refractivity contribution < 1.29 is 21.9 Å².